The van der Waals surface area contributed by atoms with E-state index in [0.717, 1.165) is 18.2 Å². The fraction of sp³-hybridized carbons (Fsp3) is 0.400. The molecule has 0 spiro atoms. The van der Waals surface area contributed by atoms with Crippen LogP contribution in [0.5, 0.6) is 5.88 Å². The number of carbonyl (C=O) groups is 1. The molecule has 10 heteroatoms. The van der Waals surface area contributed by atoms with Crippen LogP contribution in [0.15, 0.2) is 24.7 Å². The lowest BCUT2D eigenvalue weighted by Gasteiger charge is -2.10. The van der Waals surface area contributed by atoms with Crippen LogP contribution < -0.4 is 10.1 Å². The van der Waals surface area contributed by atoms with E-state index in [2.05, 4.69) is 20.1 Å². The molecule has 0 radical (unpaired) electrons. The van der Waals surface area contributed by atoms with Gasteiger partial charge >= 0.3 is 6.18 Å². The zero-order valence-corrected chi connectivity index (χ0v) is 14.1. The minimum atomic E-state index is -4.49. The summed E-state index contributed by atoms with van der Waals surface area (Å²) in [6.07, 6.45) is 1.75. The molecule has 1 N–H and O–H groups in total. The number of hydrogen-bond donors (Lipinski definition) is 1. The van der Waals surface area contributed by atoms with Crippen molar-refractivity contribution < 1.29 is 22.7 Å². The highest BCUT2D eigenvalue weighted by Crippen LogP contribution is 2.24. The van der Waals surface area contributed by atoms with Gasteiger partial charge in [-0.05, 0) is 24.5 Å². The summed E-state index contributed by atoms with van der Waals surface area (Å²) in [4.78, 5) is 15.6. The first-order valence-corrected chi connectivity index (χ1v) is 7.73. The molecule has 0 aliphatic rings. The first kappa shape index (κ1) is 19.0. The number of amides is 1. The van der Waals surface area contributed by atoms with E-state index in [9.17, 15) is 18.0 Å². The Morgan fingerprint density at radius 3 is 2.76 bits per heavy atom. The number of halogens is 4. The first-order chi connectivity index (χ1) is 11.7. The van der Waals surface area contributed by atoms with Crippen LogP contribution in [0.2, 0.25) is 5.02 Å². The van der Waals surface area contributed by atoms with Crippen LogP contribution in [0.4, 0.5) is 13.2 Å². The van der Waals surface area contributed by atoms with Crippen molar-refractivity contribution in [2.75, 3.05) is 13.2 Å². The van der Waals surface area contributed by atoms with E-state index in [4.69, 9.17) is 11.6 Å². The summed E-state index contributed by atoms with van der Waals surface area (Å²) in [7, 11) is 1.82. The van der Waals surface area contributed by atoms with Crippen molar-refractivity contribution in [3.63, 3.8) is 0 Å². The van der Waals surface area contributed by atoms with E-state index < -0.39 is 18.7 Å². The Hall–Kier alpha value is -2.29. The number of alkyl halides is 3. The first-order valence-electron chi connectivity index (χ1n) is 7.35. The smallest absolute Gasteiger partial charge is 0.422 e. The Kier molecular flexibility index (Phi) is 6.24. The van der Waals surface area contributed by atoms with Crippen LogP contribution in [0.3, 0.4) is 0 Å². The van der Waals surface area contributed by atoms with E-state index in [-0.39, 0.29) is 16.5 Å². The summed E-state index contributed by atoms with van der Waals surface area (Å²) in [6.45, 7) is -1.07. The van der Waals surface area contributed by atoms with E-state index in [1.807, 2.05) is 13.2 Å². The number of aryl methyl sites for hydroxylation is 2. The van der Waals surface area contributed by atoms with E-state index >= 15 is 0 Å². The Balaban J connectivity index is 1.81. The fourth-order valence-corrected chi connectivity index (χ4v) is 2.22. The van der Waals surface area contributed by atoms with Gasteiger partial charge in [-0.3, -0.25) is 9.48 Å². The molecule has 1 amide bonds. The van der Waals surface area contributed by atoms with Gasteiger partial charge in [-0.2, -0.15) is 18.3 Å². The van der Waals surface area contributed by atoms with Gasteiger partial charge in [0.15, 0.2) is 6.61 Å². The molecular weight excluding hydrogens is 361 g/mol. The molecule has 0 saturated carbocycles. The molecule has 0 aromatic carbocycles. The quantitative estimate of drug-likeness (QED) is 0.754. The Morgan fingerprint density at radius 1 is 1.40 bits per heavy atom. The molecule has 2 aromatic heterocycles. The van der Waals surface area contributed by atoms with Crippen LogP contribution >= 0.6 is 11.6 Å². The molecule has 0 unspecified atom stereocenters. The Labute approximate surface area is 146 Å². The summed E-state index contributed by atoms with van der Waals surface area (Å²) >= 11 is 5.80. The lowest BCUT2D eigenvalue weighted by Crippen LogP contribution is -2.25. The number of carbonyl (C=O) groups excluding carboxylic acids is 1. The fourth-order valence-electron chi connectivity index (χ4n) is 2.00. The average molecular weight is 377 g/mol. The standard InChI is InChI=1S/C15H16ClF3N4O2/c1-23-8-10(6-22-23)3-2-4-20-13(24)11-5-12(16)14(21-7-11)25-9-15(17,18)19/h5-8H,2-4,9H2,1H3,(H,20,24). The molecule has 0 atom stereocenters. The Bertz CT molecular complexity index is 734. The number of aromatic nitrogens is 3. The second-order valence-corrected chi connectivity index (χ2v) is 5.70. The highest BCUT2D eigenvalue weighted by Gasteiger charge is 2.29. The molecule has 0 aliphatic heterocycles. The van der Waals surface area contributed by atoms with Gasteiger partial charge in [0.2, 0.25) is 5.88 Å². The van der Waals surface area contributed by atoms with Gasteiger partial charge in [-0.25, -0.2) is 4.98 Å². The zero-order chi connectivity index (χ0) is 18.4. The summed E-state index contributed by atoms with van der Waals surface area (Å²) in [6, 6.07) is 1.22. The van der Waals surface area contributed by atoms with E-state index in [1.54, 1.807) is 10.9 Å². The number of nitrogens with zero attached hydrogens (tertiary/aromatic N) is 3. The molecule has 2 aromatic rings. The molecule has 2 heterocycles. The van der Waals surface area contributed by atoms with Crippen molar-refractivity contribution in [3.8, 4) is 5.88 Å². The predicted molar refractivity (Wildman–Crippen MR) is 84.7 cm³/mol. The van der Waals surface area contributed by atoms with Crippen LogP contribution in [-0.2, 0) is 13.5 Å². The molecule has 136 valence electrons. The third-order valence-electron chi connectivity index (χ3n) is 3.13. The van der Waals surface area contributed by atoms with Crippen molar-refractivity contribution in [1.82, 2.24) is 20.1 Å². The van der Waals surface area contributed by atoms with Gasteiger partial charge in [-0.1, -0.05) is 11.6 Å². The van der Waals surface area contributed by atoms with Gasteiger partial charge in [0.25, 0.3) is 5.91 Å². The van der Waals surface area contributed by atoms with Crippen molar-refractivity contribution in [1.29, 1.82) is 0 Å². The van der Waals surface area contributed by atoms with Gasteiger partial charge in [-0.15, -0.1) is 0 Å². The maximum absolute atomic E-state index is 12.1. The van der Waals surface area contributed by atoms with Gasteiger partial charge in [0, 0.05) is 26.0 Å². The maximum Gasteiger partial charge on any atom is 0.422 e. The minimum absolute atomic E-state index is 0.144. The van der Waals surface area contributed by atoms with Gasteiger partial charge in [0.05, 0.1) is 11.8 Å². The van der Waals surface area contributed by atoms with Crippen molar-refractivity contribution in [2.45, 2.75) is 19.0 Å². The highest BCUT2D eigenvalue weighted by atomic mass is 35.5. The zero-order valence-electron chi connectivity index (χ0n) is 13.3. The molecular formula is C15H16ClF3N4O2. The Morgan fingerprint density at radius 2 is 2.16 bits per heavy atom. The molecule has 0 fully saturated rings. The lowest BCUT2D eigenvalue weighted by molar-refractivity contribution is -0.154. The van der Waals surface area contributed by atoms with Crippen LogP contribution in [0.25, 0.3) is 0 Å². The second kappa shape index (κ2) is 8.19. The molecule has 2 rings (SSSR count). The van der Waals surface area contributed by atoms with E-state index in [1.165, 1.54) is 6.07 Å². The number of nitrogens with one attached hydrogen (secondary N) is 1. The second-order valence-electron chi connectivity index (χ2n) is 5.30. The third kappa shape index (κ3) is 6.26. The maximum atomic E-state index is 12.1. The number of ether oxygens (including phenoxy) is 1. The summed E-state index contributed by atoms with van der Waals surface area (Å²) in [5, 5.41) is 6.58. The molecule has 25 heavy (non-hydrogen) atoms. The molecule has 0 bridgehead atoms. The topological polar surface area (TPSA) is 69.0 Å². The molecule has 6 nitrogen and oxygen atoms in total. The SMILES string of the molecule is Cn1cc(CCCNC(=O)c2cnc(OCC(F)(F)F)c(Cl)c2)cn1. The lowest BCUT2D eigenvalue weighted by atomic mass is 10.2. The van der Waals surface area contributed by atoms with Crippen molar-refractivity contribution >= 4 is 17.5 Å². The van der Waals surface area contributed by atoms with Crippen LogP contribution in [0.1, 0.15) is 22.3 Å². The predicted octanol–water partition coefficient (Wildman–Crippen LogP) is 2.77. The van der Waals surface area contributed by atoms with Crippen LogP contribution in [-0.4, -0.2) is 40.0 Å². The van der Waals surface area contributed by atoms with Crippen molar-refractivity contribution in [2.24, 2.45) is 7.05 Å². The normalized spacial score (nSPS) is 11.4. The van der Waals surface area contributed by atoms with Gasteiger partial charge in [0.1, 0.15) is 5.02 Å². The monoisotopic (exact) mass is 376 g/mol. The third-order valence-corrected chi connectivity index (χ3v) is 3.40. The van der Waals surface area contributed by atoms with Crippen molar-refractivity contribution in [3.05, 3.63) is 40.8 Å². The number of rotatable bonds is 7. The summed E-state index contributed by atoms with van der Waals surface area (Å²) in [5.41, 5.74) is 1.21. The molecule has 0 saturated heterocycles. The summed E-state index contributed by atoms with van der Waals surface area (Å²) < 4.78 is 42.5. The van der Waals surface area contributed by atoms with Gasteiger partial charge < -0.3 is 10.1 Å². The molecule has 0 aliphatic carbocycles. The van der Waals surface area contributed by atoms with Crippen LogP contribution in [0, 0.1) is 0 Å². The average Bonchev–Trinajstić information content (AvgIpc) is 2.94. The number of hydrogen-bond acceptors (Lipinski definition) is 4. The minimum Gasteiger partial charge on any atom is -0.467 e. The largest absolute Gasteiger partial charge is 0.467 e. The highest BCUT2D eigenvalue weighted by molar-refractivity contribution is 6.32. The number of pyridine rings is 1. The van der Waals surface area contributed by atoms with E-state index in [0.29, 0.717) is 13.0 Å². The summed E-state index contributed by atoms with van der Waals surface area (Å²) in [5.74, 6) is -0.782.